The maximum atomic E-state index is 10.4. The van der Waals surface area contributed by atoms with E-state index in [0.29, 0.717) is 18.3 Å². The maximum absolute atomic E-state index is 10.4. The van der Waals surface area contributed by atoms with E-state index in [-0.39, 0.29) is 0 Å². The molecule has 4 heteroatoms. The third kappa shape index (κ3) is 4.07. The molecule has 0 spiro atoms. The molecule has 2 aromatic rings. The number of nitrogens with zero attached hydrogens (tertiary/aromatic N) is 1. The first-order valence-corrected chi connectivity index (χ1v) is 7.74. The fraction of sp³-hybridized carbons (Fsp3) is 0.375. The van der Waals surface area contributed by atoms with Crippen molar-refractivity contribution in [3.8, 4) is 0 Å². The Bertz CT molecular complexity index is 525. The molecule has 0 radical (unpaired) electrons. The van der Waals surface area contributed by atoms with Crippen LogP contribution in [-0.4, -0.2) is 22.6 Å². The Hall–Kier alpha value is -1.36. The lowest BCUT2D eigenvalue weighted by atomic mass is 10.1. The molecule has 2 rings (SSSR count). The van der Waals surface area contributed by atoms with Gasteiger partial charge in [-0.25, -0.2) is 0 Å². The van der Waals surface area contributed by atoms with Crippen LogP contribution in [0.25, 0.3) is 0 Å². The van der Waals surface area contributed by atoms with Gasteiger partial charge in [0.15, 0.2) is 0 Å². The largest absolute Gasteiger partial charge is 0.399 e. The number of hydrogen-bond acceptors (Lipinski definition) is 4. The average molecular weight is 290 g/mol. The van der Waals surface area contributed by atoms with E-state index in [1.165, 1.54) is 4.88 Å². The van der Waals surface area contributed by atoms with Gasteiger partial charge in [0.25, 0.3) is 0 Å². The van der Waals surface area contributed by atoms with Gasteiger partial charge in [0.05, 0.1) is 6.10 Å². The van der Waals surface area contributed by atoms with Crippen LogP contribution in [0.15, 0.2) is 41.8 Å². The lowest BCUT2D eigenvalue weighted by Crippen LogP contribution is -2.34. The summed E-state index contributed by atoms with van der Waals surface area (Å²) in [4.78, 5) is 3.60. The predicted octanol–water partition coefficient (Wildman–Crippen LogP) is 3.27. The van der Waals surface area contributed by atoms with Crippen molar-refractivity contribution in [3.05, 3.63) is 52.2 Å². The van der Waals surface area contributed by atoms with Gasteiger partial charge in [-0.15, -0.1) is 11.3 Å². The number of nitrogens with two attached hydrogens (primary N) is 1. The van der Waals surface area contributed by atoms with Crippen molar-refractivity contribution in [2.75, 3.05) is 12.3 Å². The first-order valence-electron chi connectivity index (χ1n) is 6.86. The van der Waals surface area contributed by atoms with Gasteiger partial charge in [-0.2, -0.15) is 0 Å². The fourth-order valence-electron chi connectivity index (χ4n) is 2.15. The van der Waals surface area contributed by atoms with Crippen LogP contribution < -0.4 is 5.73 Å². The van der Waals surface area contributed by atoms with Crippen LogP contribution in [0.4, 0.5) is 5.69 Å². The van der Waals surface area contributed by atoms with E-state index in [0.717, 1.165) is 12.1 Å². The summed E-state index contributed by atoms with van der Waals surface area (Å²) >= 11 is 1.75. The highest BCUT2D eigenvalue weighted by Crippen LogP contribution is 2.20. The molecule has 1 atom stereocenters. The van der Waals surface area contributed by atoms with Gasteiger partial charge < -0.3 is 10.8 Å². The van der Waals surface area contributed by atoms with E-state index in [9.17, 15) is 5.11 Å². The Morgan fingerprint density at radius 2 is 2.05 bits per heavy atom. The van der Waals surface area contributed by atoms with Gasteiger partial charge in [0, 0.05) is 29.7 Å². The van der Waals surface area contributed by atoms with Crippen molar-refractivity contribution >= 4 is 17.0 Å². The lowest BCUT2D eigenvalue weighted by Gasteiger charge is -2.28. The minimum absolute atomic E-state index is 0.382. The van der Waals surface area contributed by atoms with E-state index in [1.807, 2.05) is 24.3 Å². The minimum Gasteiger partial charge on any atom is -0.399 e. The second-order valence-electron chi connectivity index (χ2n) is 5.29. The van der Waals surface area contributed by atoms with Crippen LogP contribution in [0.1, 0.15) is 30.4 Å². The standard InChI is InChI=1S/C16H22N2OS/c1-12(2)18(10-15-7-4-8-20-15)11-16(19)13-5-3-6-14(17)9-13/h3-9,12,16,19H,10-11,17H2,1-2H3. The van der Waals surface area contributed by atoms with Crippen molar-refractivity contribution in [2.24, 2.45) is 0 Å². The van der Waals surface area contributed by atoms with Crippen LogP contribution in [0.3, 0.4) is 0 Å². The molecule has 1 heterocycles. The Labute approximate surface area is 124 Å². The Morgan fingerprint density at radius 1 is 1.25 bits per heavy atom. The maximum Gasteiger partial charge on any atom is 0.0917 e. The first-order chi connectivity index (χ1) is 9.56. The van der Waals surface area contributed by atoms with Gasteiger partial charge in [-0.05, 0) is 43.0 Å². The quantitative estimate of drug-likeness (QED) is 0.803. The molecule has 108 valence electrons. The second kappa shape index (κ2) is 6.88. The molecule has 0 aliphatic carbocycles. The summed E-state index contributed by atoms with van der Waals surface area (Å²) in [6.45, 7) is 5.78. The number of rotatable bonds is 6. The third-order valence-corrected chi connectivity index (χ3v) is 4.23. The van der Waals surface area contributed by atoms with Crippen LogP contribution in [0.5, 0.6) is 0 Å². The van der Waals surface area contributed by atoms with Crippen molar-refractivity contribution in [1.82, 2.24) is 4.90 Å². The number of aliphatic hydroxyl groups excluding tert-OH is 1. The molecular weight excluding hydrogens is 268 g/mol. The van der Waals surface area contributed by atoms with Gasteiger partial charge in [-0.3, -0.25) is 4.90 Å². The van der Waals surface area contributed by atoms with Crippen molar-refractivity contribution in [1.29, 1.82) is 0 Å². The van der Waals surface area contributed by atoms with Gasteiger partial charge in [0.2, 0.25) is 0 Å². The van der Waals surface area contributed by atoms with Crippen molar-refractivity contribution < 1.29 is 5.11 Å². The summed E-state index contributed by atoms with van der Waals surface area (Å²) in [6.07, 6.45) is -0.513. The van der Waals surface area contributed by atoms with Crippen molar-refractivity contribution in [3.63, 3.8) is 0 Å². The molecule has 20 heavy (non-hydrogen) atoms. The number of benzene rings is 1. The average Bonchev–Trinajstić information content (AvgIpc) is 2.90. The van der Waals surface area contributed by atoms with E-state index in [4.69, 9.17) is 5.73 Å². The molecule has 0 aliphatic rings. The van der Waals surface area contributed by atoms with Crippen LogP contribution >= 0.6 is 11.3 Å². The molecule has 0 saturated carbocycles. The molecule has 1 unspecified atom stereocenters. The number of thiophene rings is 1. The zero-order chi connectivity index (χ0) is 14.5. The second-order valence-corrected chi connectivity index (χ2v) is 6.32. The van der Waals surface area contributed by atoms with Crippen LogP contribution in [0, 0.1) is 0 Å². The SMILES string of the molecule is CC(C)N(Cc1cccs1)CC(O)c1cccc(N)c1. The monoisotopic (exact) mass is 290 g/mol. The highest BCUT2D eigenvalue weighted by Gasteiger charge is 2.17. The molecular formula is C16H22N2OS. The number of hydrogen-bond donors (Lipinski definition) is 2. The molecule has 0 bridgehead atoms. The Morgan fingerprint density at radius 3 is 2.65 bits per heavy atom. The molecule has 0 aliphatic heterocycles. The van der Waals surface area contributed by atoms with E-state index >= 15 is 0 Å². The normalized spacial score (nSPS) is 13.1. The summed E-state index contributed by atoms with van der Waals surface area (Å²) in [6, 6.07) is 12.1. The van der Waals surface area contributed by atoms with Gasteiger partial charge >= 0.3 is 0 Å². The number of anilines is 1. The first kappa shape index (κ1) is 15.0. The van der Waals surface area contributed by atoms with Crippen LogP contribution in [0.2, 0.25) is 0 Å². The smallest absolute Gasteiger partial charge is 0.0917 e. The molecule has 0 saturated heterocycles. The summed E-state index contributed by atoms with van der Waals surface area (Å²) in [5.41, 5.74) is 7.34. The third-order valence-electron chi connectivity index (χ3n) is 3.37. The van der Waals surface area contributed by atoms with Crippen LogP contribution in [-0.2, 0) is 6.54 Å². The molecule has 1 aromatic carbocycles. The number of nitrogen functional groups attached to an aromatic ring is 1. The zero-order valence-electron chi connectivity index (χ0n) is 12.0. The summed E-state index contributed by atoms with van der Waals surface area (Å²) in [5, 5.41) is 12.5. The fourth-order valence-corrected chi connectivity index (χ4v) is 2.88. The predicted molar refractivity (Wildman–Crippen MR) is 85.7 cm³/mol. The Kier molecular flexibility index (Phi) is 5.17. The minimum atomic E-state index is -0.513. The Balaban J connectivity index is 2.04. The highest BCUT2D eigenvalue weighted by atomic mass is 32.1. The zero-order valence-corrected chi connectivity index (χ0v) is 12.8. The molecule has 0 amide bonds. The van der Waals surface area contributed by atoms with E-state index < -0.39 is 6.10 Å². The molecule has 0 fully saturated rings. The highest BCUT2D eigenvalue weighted by molar-refractivity contribution is 7.09. The molecule has 1 aromatic heterocycles. The van der Waals surface area contributed by atoms with Gasteiger partial charge in [0.1, 0.15) is 0 Å². The van der Waals surface area contributed by atoms with E-state index in [2.05, 4.69) is 36.3 Å². The summed E-state index contributed by atoms with van der Waals surface area (Å²) < 4.78 is 0. The topological polar surface area (TPSA) is 49.5 Å². The lowest BCUT2D eigenvalue weighted by molar-refractivity contribution is 0.0915. The number of aliphatic hydroxyl groups is 1. The molecule has 3 N–H and O–H groups in total. The summed E-state index contributed by atoms with van der Waals surface area (Å²) in [5.74, 6) is 0. The molecule has 3 nitrogen and oxygen atoms in total. The van der Waals surface area contributed by atoms with Crippen molar-refractivity contribution in [2.45, 2.75) is 32.5 Å². The summed E-state index contributed by atoms with van der Waals surface area (Å²) in [7, 11) is 0. The van der Waals surface area contributed by atoms with Gasteiger partial charge in [-0.1, -0.05) is 18.2 Å². The van der Waals surface area contributed by atoms with E-state index in [1.54, 1.807) is 11.3 Å².